The summed E-state index contributed by atoms with van der Waals surface area (Å²) in [4.78, 5) is 35.6. The van der Waals surface area contributed by atoms with Crippen LogP contribution >= 0.6 is 0 Å². The molecule has 0 unspecified atom stereocenters. The number of aromatic nitrogens is 2. The van der Waals surface area contributed by atoms with E-state index in [1.807, 2.05) is 0 Å². The summed E-state index contributed by atoms with van der Waals surface area (Å²) in [5, 5.41) is 3.10. The molecule has 0 radical (unpaired) electrons. The molecule has 0 spiro atoms. The van der Waals surface area contributed by atoms with E-state index in [1.165, 1.54) is 52.0 Å². The van der Waals surface area contributed by atoms with Crippen molar-refractivity contribution in [3.63, 3.8) is 0 Å². The minimum atomic E-state index is -0.0378. The lowest BCUT2D eigenvalue weighted by Gasteiger charge is -2.56. The number of hydrogen-bond donors (Lipinski definition) is 1. The molecule has 0 atom stereocenters. The lowest BCUT2D eigenvalue weighted by molar-refractivity contribution is -0.136. The van der Waals surface area contributed by atoms with E-state index in [4.69, 9.17) is 4.74 Å². The van der Waals surface area contributed by atoms with Gasteiger partial charge in [-0.3, -0.25) is 9.59 Å². The Bertz CT molecular complexity index is 789. The first kappa shape index (κ1) is 19.0. The monoisotopic (exact) mass is 398 g/mol. The van der Waals surface area contributed by atoms with Gasteiger partial charge in [-0.25, -0.2) is 9.97 Å². The second-order valence-electron chi connectivity index (χ2n) is 9.79. The zero-order chi connectivity index (χ0) is 20.0. The minimum absolute atomic E-state index is 0.0378. The van der Waals surface area contributed by atoms with Crippen LogP contribution in [0.25, 0.3) is 0 Å². The van der Waals surface area contributed by atoms with E-state index in [-0.39, 0.29) is 23.8 Å². The molecule has 7 heteroatoms. The van der Waals surface area contributed by atoms with Gasteiger partial charge in [-0.2, -0.15) is 0 Å². The topological polar surface area (TPSA) is 84.4 Å². The Kier molecular flexibility index (Phi) is 4.81. The van der Waals surface area contributed by atoms with Crippen LogP contribution in [0.3, 0.4) is 0 Å². The van der Waals surface area contributed by atoms with Crippen LogP contribution in [0.15, 0.2) is 6.33 Å². The summed E-state index contributed by atoms with van der Waals surface area (Å²) in [5.41, 5.74) is 2.00. The standard InChI is InChI=1S/C22H30N4O3/c1-29-12-20(28)26-3-2-17-18(11-26)23-13-24-21(17)25-19(27)10-22-7-14-4-15(8-22)6-16(5-14)9-22/h13-16H,2-12H2,1H3,(H,23,24,25,27). The van der Waals surface area contributed by atoms with Gasteiger partial charge in [-0.1, -0.05) is 0 Å². The summed E-state index contributed by atoms with van der Waals surface area (Å²) in [6, 6.07) is 0. The fourth-order valence-electron chi connectivity index (χ4n) is 6.91. The zero-order valence-electron chi connectivity index (χ0n) is 17.2. The molecule has 156 valence electrons. The predicted molar refractivity (Wildman–Crippen MR) is 107 cm³/mol. The van der Waals surface area contributed by atoms with Gasteiger partial charge in [0.05, 0.1) is 12.2 Å². The number of fused-ring (bicyclic) bond motifs is 1. The van der Waals surface area contributed by atoms with Crippen molar-refractivity contribution in [2.45, 2.75) is 57.9 Å². The minimum Gasteiger partial charge on any atom is -0.375 e. The Morgan fingerprint density at radius 2 is 1.86 bits per heavy atom. The number of nitrogens with zero attached hydrogens (tertiary/aromatic N) is 3. The number of nitrogens with one attached hydrogen (secondary N) is 1. The van der Waals surface area contributed by atoms with Crippen molar-refractivity contribution in [1.82, 2.24) is 14.9 Å². The normalized spacial score (nSPS) is 32.2. The molecule has 2 amide bonds. The molecule has 4 saturated carbocycles. The number of carbonyl (C=O) groups is 2. The molecular formula is C22H30N4O3. The fourth-order valence-corrected chi connectivity index (χ4v) is 6.91. The number of hydrogen-bond acceptors (Lipinski definition) is 5. The van der Waals surface area contributed by atoms with Crippen molar-refractivity contribution in [1.29, 1.82) is 0 Å². The highest BCUT2D eigenvalue weighted by molar-refractivity contribution is 5.91. The number of carbonyl (C=O) groups excluding carboxylic acids is 2. The van der Waals surface area contributed by atoms with Gasteiger partial charge in [0.15, 0.2) is 0 Å². The second-order valence-corrected chi connectivity index (χ2v) is 9.79. The third-order valence-electron chi connectivity index (χ3n) is 7.59. The van der Waals surface area contributed by atoms with Crippen LogP contribution in [0, 0.1) is 23.2 Å². The molecule has 0 saturated heterocycles. The fraction of sp³-hybridized carbons (Fsp3) is 0.727. The summed E-state index contributed by atoms with van der Waals surface area (Å²) in [6.07, 6.45) is 10.6. The van der Waals surface area contributed by atoms with Gasteiger partial charge in [0.2, 0.25) is 11.8 Å². The molecule has 4 fully saturated rings. The maximum atomic E-state index is 13.0. The highest BCUT2D eigenvalue weighted by atomic mass is 16.5. The van der Waals surface area contributed by atoms with Gasteiger partial charge in [0, 0.05) is 25.6 Å². The average molecular weight is 399 g/mol. The van der Waals surface area contributed by atoms with Crippen LogP contribution < -0.4 is 5.32 Å². The van der Waals surface area contributed by atoms with Crippen LogP contribution in [0.2, 0.25) is 0 Å². The predicted octanol–water partition coefficient (Wildman–Crippen LogP) is 2.55. The van der Waals surface area contributed by atoms with E-state index in [2.05, 4.69) is 15.3 Å². The number of ether oxygens (including phenoxy) is 1. The molecule has 1 aliphatic heterocycles. The lowest BCUT2D eigenvalue weighted by Crippen LogP contribution is -2.47. The average Bonchev–Trinajstić information content (AvgIpc) is 2.66. The van der Waals surface area contributed by atoms with E-state index in [0.29, 0.717) is 31.7 Å². The number of anilines is 1. The van der Waals surface area contributed by atoms with E-state index < -0.39 is 0 Å². The third-order valence-corrected chi connectivity index (χ3v) is 7.59. The van der Waals surface area contributed by atoms with Crippen molar-refractivity contribution in [3.05, 3.63) is 17.6 Å². The molecular weight excluding hydrogens is 368 g/mol. The smallest absolute Gasteiger partial charge is 0.248 e. The summed E-state index contributed by atoms with van der Waals surface area (Å²) in [5.74, 6) is 3.21. The SMILES string of the molecule is COCC(=O)N1CCc2c(ncnc2NC(=O)CC23CC4CC(CC(C4)C2)C3)C1. The van der Waals surface area contributed by atoms with Crippen LogP contribution in [-0.4, -0.2) is 46.9 Å². The van der Waals surface area contributed by atoms with Crippen molar-refractivity contribution in [2.24, 2.45) is 23.2 Å². The maximum absolute atomic E-state index is 13.0. The van der Waals surface area contributed by atoms with Gasteiger partial charge in [0.1, 0.15) is 18.8 Å². The highest BCUT2D eigenvalue weighted by Gasteiger charge is 2.51. The van der Waals surface area contributed by atoms with Crippen LogP contribution in [0.5, 0.6) is 0 Å². The lowest BCUT2D eigenvalue weighted by atomic mass is 9.49. The first-order valence-electron chi connectivity index (χ1n) is 10.9. The molecule has 0 aromatic carbocycles. The number of amides is 2. The van der Waals surface area contributed by atoms with Crippen molar-refractivity contribution in [2.75, 3.05) is 25.6 Å². The summed E-state index contributed by atoms with van der Waals surface area (Å²) < 4.78 is 4.96. The van der Waals surface area contributed by atoms with E-state index >= 15 is 0 Å². The van der Waals surface area contributed by atoms with Crippen molar-refractivity contribution < 1.29 is 14.3 Å². The Balaban J connectivity index is 1.26. The van der Waals surface area contributed by atoms with E-state index in [1.54, 1.807) is 4.90 Å². The van der Waals surface area contributed by atoms with Gasteiger partial charge >= 0.3 is 0 Å². The Morgan fingerprint density at radius 1 is 1.17 bits per heavy atom. The van der Waals surface area contributed by atoms with Gasteiger partial charge in [-0.15, -0.1) is 0 Å². The first-order chi connectivity index (χ1) is 14.0. The number of rotatable bonds is 5. The summed E-state index contributed by atoms with van der Waals surface area (Å²) in [6.45, 7) is 1.12. The Morgan fingerprint density at radius 3 is 2.52 bits per heavy atom. The molecule has 1 aromatic rings. The highest BCUT2D eigenvalue weighted by Crippen LogP contribution is 2.61. The van der Waals surface area contributed by atoms with E-state index in [0.717, 1.165) is 29.0 Å². The van der Waals surface area contributed by atoms with Crippen LogP contribution in [-0.2, 0) is 27.3 Å². The van der Waals surface area contributed by atoms with Gasteiger partial charge in [-0.05, 0) is 68.1 Å². The summed E-state index contributed by atoms with van der Waals surface area (Å²) in [7, 11) is 1.52. The van der Waals surface area contributed by atoms with Crippen molar-refractivity contribution in [3.8, 4) is 0 Å². The molecule has 4 bridgehead atoms. The zero-order valence-corrected chi connectivity index (χ0v) is 17.2. The first-order valence-corrected chi connectivity index (χ1v) is 10.9. The largest absolute Gasteiger partial charge is 0.375 e. The molecule has 1 aromatic heterocycles. The van der Waals surface area contributed by atoms with Gasteiger partial charge in [0.25, 0.3) is 0 Å². The molecule has 1 N–H and O–H groups in total. The Labute approximate surface area is 171 Å². The van der Waals surface area contributed by atoms with Crippen LogP contribution in [0.4, 0.5) is 5.82 Å². The second kappa shape index (κ2) is 7.35. The Hall–Kier alpha value is -2.02. The summed E-state index contributed by atoms with van der Waals surface area (Å²) >= 11 is 0. The molecule has 6 rings (SSSR count). The van der Waals surface area contributed by atoms with E-state index in [9.17, 15) is 9.59 Å². The quantitative estimate of drug-likeness (QED) is 0.824. The third kappa shape index (κ3) is 3.65. The van der Waals surface area contributed by atoms with Crippen molar-refractivity contribution >= 4 is 17.6 Å². The molecule has 5 aliphatic rings. The van der Waals surface area contributed by atoms with Gasteiger partial charge < -0.3 is 15.0 Å². The maximum Gasteiger partial charge on any atom is 0.248 e. The number of methoxy groups -OCH3 is 1. The molecule has 4 aliphatic carbocycles. The molecule has 29 heavy (non-hydrogen) atoms. The van der Waals surface area contributed by atoms with Crippen LogP contribution in [0.1, 0.15) is 56.2 Å². The molecule has 2 heterocycles. The molecule has 7 nitrogen and oxygen atoms in total.